The van der Waals surface area contributed by atoms with E-state index in [9.17, 15) is 14.0 Å². The number of hydrogen-bond donors (Lipinski definition) is 2. The van der Waals surface area contributed by atoms with Crippen molar-refractivity contribution < 1.29 is 18.7 Å². The molecule has 3 aromatic rings. The summed E-state index contributed by atoms with van der Waals surface area (Å²) in [7, 11) is 0. The van der Waals surface area contributed by atoms with Crippen LogP contribution in [0.5, 0.6) is 5.75 Å². The summed E-state index contributed by atoms with van der Waals surface area (Å²) >= 11 is 1.28. The minimum Gasteiger partial charge on any atom is -0.484 e. The maximum absolute atomic E-state index is 13.6. The molecule has 2 N–H and O–H groups in total. The van der Waals surface area contributed by atoms with Gasteiger partial charge in [-0.1, -0.05) is 44.2 Å². The molecule has 0 unspecified atom stereocenters. The topological polar surface area (TPSA) is 80.3 Å². The van der Waals surface area contributed by atoms with Gasteiger partial charge in [0.1, 0.15) is 22.3 Å². The number of thiazole rings is 1. The maximum atomic E-state index is 13.6. The summed E-state index contributed by atoms with van der Waals surface area (Å²) in [5, 5.41) is 7.71. The second kappa shape index (κ2) is 11.4. The van der Waals surface area contributed by atoms with Crippen LogP contribution in [0.15, 0.2) is 53.9 Å². The third-order valence-corrected chi connectivity index (χ3v) is 5.62. The summed E-state index contributed by atoms with van der Waals surface area (Å²) in [4.78, 5) is 28.5. The zero-order valence-corrected chi connectivity index (χ0v) is 18.9. The molecule has 0 aliphatic heterocycles. The number of halogens is 1. The van der Waals surface area contributed by atoms with Gasteiger partial charge in [0.05, 0.1) is 6.54 Å². The molecule has 8 heteroatoms. The lowest BCUT2D eigenvalue weighted by atomic mass is 10.0. The van der Waals surface area contributed by atoms with Gasteiger partial charge < -0.3 is 15.4 Å². The van der Waals surface area contributed by atoms with Crippen molar-refractivity contribution in [2.75, 3.05) is 13.2 Å². The number of nitrogens with zero attached hydrogens (tertiary/aromatic N) is 1. The van der Waals surface area contributed by atoms with Gasteiger partial charge in [-0.3, -0.25) is 9.59 Å². The van der Waals surface area contributed by atoms with Crippen LogP contribution in [-0.4, -0.2) is 29.9 Å². The minimum atomic E-state index is -0.330. The molecular weight excluding hydrogens is 429 g/mol. The lowest BCUT2D eigenvalue weighted by Gasteiger charge is -2.09. The second-order valence-electron chi connectivity index (χ2n) is 7.51. The van der Waals surface area contributed by atoms with Crippen molar-refractivity contribution in [1.29, 1.82) is 0 Å². The Morgan fingerprint density at radius 2 is 1.84 bits per heavy atom. The number of hydrogen-bond acceptors (Lipinski definition) is 5. The Bertz CT molecular complexity index is 1050. The van der Waals surface area contributed by atoms with Crippen LogP contribution >= 0.6 is 11.3 Å². The molecule has 168 valence electrons. The molecule has 0 fully saturated rings. The molecule has 2 aromatic carbocycles. The number of amides is 2. The van der Waals surface area contributed by atoms with E-state index >= 15 is 0 Å². The first-order valence-electron chi connectivity index (χ1n) is 10.4. The molecule has 6 nitrogen and oxygen atoms in total. The van der Waals surface area contributed by atoms with Gasteiger partial charge >= 0.3 is 0 Å². The van der Waals surface area contributed by atoms with E-state index < -0.39 is 0 Å². The predicted molar refractivity (Wildman–Crippen MR) is 122 cm³/mol. The van der Waals surface area contributed by atoms with Crippen molar-refractivity contribution in [3.8, 4) is 5.75 Å². The molecule has 1 heterocycles. The van der Waals surface area contributed by atoms with Crippen LogP contribution < -0.4 is 15.4 Å². The van der Waals surface area contributed by atoms with Crippen molar-refractivity contribution >= 4 is 23.2 Å². The predicted octanol–water partition coefficient (Wildman–Crippen LogP) is 4.07. The van der Waals surface area contributed by atoms with Crippen molar-refractivity contribution in [3.63, 3.8) is 0 Å². The van der Waals surface area contributed by atoms with Crippen molar-refractivity contribution in [2.45, 2.75) is 32.7 Å². The Morgan fingerprint density at radius 1 is 1.09 bits per heavy atom. The van der Waals surface area contributed by atoms with Crippen molar-refractivity contribution in [1.82, 2.24) is 15.6 Å². The van der Waals surface area contributed by atoms with Crippen LogP contribution in [-0.2, 0) is 17.8 Å². The lowest BCUT2D eigenvalue weighted by Crippen LogP contribution is -2.28. The Hall–Kier alpha value is -3.26. The van der Waals surface area contributed by atoms with Gasteiger partial charge in [0.15, 0.2) is 6.61 Å². The fraction of sp³-hybridized carbons (Fsp3) is 0.292. The average molecular weight is 456 g/mol. The first-order chi connectivity index (χ1) is 15.4. The molecule has 0 saturated carbocycles. The molecule has 0 aliphatic rings. The molecule has 0 bridgehead atoms. The summed E-state index contributed by atoms with van der Waals surface area (Å²) in [6.07, 6.45) is 0.395. The molecular formula is C24H26FN3O3S. The largest absolute Gasteiger partial charge is 0.484 e. The number of benzene rings is 2. The highest BCUT2D eigenvalue weighted by Crippen LogP contribution is 2.18. The summed E-state index contributed by atoms with van der Waals surface area (Å²) in [5.41, 5.74) is 2.03. The quantitative estimate of drug-likeness (QED) is 0.483. The normalized spacial score (nSPS) is 10.8. The SMILES string of the molecule is CC(C)c1ccc(OCC(=O)NCc2nc(C(=O)NCCc3ccccc3F)cs2)cc1. The van der Waals surface area contributed by atoms with Gasteiger partial charge in [-0.05, 0) is 41.7 Å². The molecule has 0 atom stereocenters. The highest BCUT2D eigenvalue weighted by Gasteiger charge is 2.12. The number of ether oxygens (including phenoxy) is 1. The number of carbonyl (C=O) groups excluding carboxylic acids is 2. The summed E-state index contributed by atoms with van der Waals surface area (Å²) in [6, 6.07) is 14.1. The van der Waals surface area contributed by atoms with Crippen molar-refractivity contribution in [3.05, 3.63) is 81.6 Å². The Balaban J connectivity index is 1.39. The van der Waals surface area contributed by atoms with Crippen molar-refractivity contribution in [2.24, 2.45) is 0 Å². The zero-order chi connectivity index (χ0) is 22.9. The summed E-state index contributed by atoms with van der Waals surface area (Å²) < 4.78 is 19.1. The fourth-order valence-corrected chi connectivity index (χ4v) is 3.64. The van der Waals surface area contributed by atoms with Crippen LogP contribution in [0.25, 0.3) is 0 Å². The van der Waals surface area contributed by atoms with Crippen LogP contribution in [0, 0.1) is 5.82 Å². The van der Waals surface area contributed by atoms with Crippen LogP contribution in [0.2, 0.25) is 0 Å². The van der Waals surface area contributed by atoms with Crippen LogP contribution in [0.1, 0.15) is 46.4 Å². The summed E-state index contributed by atoms with van der Waals surface area (Å²) in [5.74, 6) is 0.176. The highest BCUT2D eigenvalue weighted by molar-refractivity contribution is 7.09. The van der Waals surface area contributed by atoms with E-state index in [4.69, 9.17) is 4.74 Å². The lowest BCUT2D eigenvalue weighted by molar-refractivity contribution is -0.123. The Labute approximate surface area is 190 Å². The van der Waals surface area contributed by atoms with E-state index in [0.29, 0.717) is 35.2 Å². The van der Waals surface area contributed by atoms with E-state index in [1.165, 1.54) is 23.0 Å². The van der Waals surface area contributed by atoms with Crippen LogP contribution in [0.4, 0.5) is 4.39 Å². The number of carbonyl (C=O) groups is 2. The molecule has 32 heavy (non-hydrogen) atoms. The monoisotopic (exact) mass is 455 g/mol. The minimum absolute atomic E-state index is 0.101. The molecule has 0 radical (unpaired) electrons. The van der Waals surface area contributed by atoms with Gasteiger partial charge in [-0.15, -0.1) is 11.3 Å². The van der Waals surface area contributed by atoms with E-state index in [1.54, 1.807) is 23.6 Å². The van der Waals surface area contributed by atoms with Gasteiger partial charge in [-0.25, -0.2) is 9.37 Å². The third-order valence-electron chi connectivity index (χ3n) is 4.78. The Kier molecular flexibility index (Phi) is 8.33. The van der Waals surface area contributed by atoms with Gasteiger partial charge in [0.25, 0.3) is 11.8 Å². The van der Waals surface area contributed by atoms with Gasteiger partial charge in [-0.2, -0.15) is 0 Å². The molecule has 0 aliphatic carbocycles. The standard InChI is InChI=1S/C24H26FN3O3S/c1-16(2)17-7-9-19(10-8-17)31-14-22(29)27-13-23-28-21(15-32-23)24(30)26-12-11-18-5-3-4-6-20(18)25/h3-10,15-16H,11-14H2,1-2H3,(H,26,30)(H,27,29). The molecule has 2 amide bonds. The van der Waals surface area contributed by atoms with E-state index in [0.717, 1.165) is 0 Å². The zero-order valence-electron chi connectivity index (χ0n) is 18.1. The fourth-order valence-electron chi connectivity index (χ4n) is 2.92. The Morgan fingerprint density at radius 3 is 2.56 bits per heavy atom. The molecule has 1 aromatic heterocycles. The van der Waals surface area contributed by atoms with E-state index in [-0.39, 0.29) is 36.5 Å². The number of aromatic nitrogens is 1. The van der Waals surface area contributed by atoms with E-state index in [2.05, 4.69) is 29.5 Å². The third kappa shape index (κ3) is 6.88. The highest BCUT2D eigenvalue weighted by atomic mass is 32.1. The van der Waals surface area contributed by atoms with Crippen LogP contribution in [0.3, 0.4) is 0 Å². The maximum Gasteiger partial charge on any atom is 0.270 e. The summed E-state index contributed by atoms with van der Waals surface area (Å²) in [6.45, 7) is 4.64. The molecule has 0 saturated heterocycles. The number of nitrogens with one attached hydrogen (secondary N) is 2. The smallest absolute Gasteiger partial charge is 0.270 e. The first kappa shape index (κ1) is 23.4. The van der Waals surface area contributed by atoms with Gasteiger partial charge in [0, 0.05) is 11.9 Å². The second-order valence-corrected chi connectivity index (χ2v) is 8.46. The average Bonchev–Trinajstić information content (AvgIpc) is 3.27. The number of rotatable bonds is 10. The molecule has 3 rings (SSSR count). The van der Waals surface area contributed by atoms with E-state index in [1.807, 2.05) is 24.3 Å². The first-order valence-corrected chi connectivity index (χ1v) is 11.3. The molecule has 0 spiro atoms. The van der Waals surface area contributed by atoms with Gasteiger partial charge in [0.2, 0.25) is 0 Å².